The molecule has 1 saturated heterocycles. The summed E-state index contributed by atoms with van der Waals surface area (Å²) in [5.41, 5.74) is 4.66. The molecule has 0 radical (unpaired) electrons. The molecule has 0 unspecified atom stereocenters. The highest BCUT2D eigenvalue weighted by Gasteiger charge is 2.22. The van der Waals surface area contributed by atoms with Gasteiger partial charge in [0.2, 0.25) is 11.8 Å². The Morgan fingerprint density at radius 2 is 1.85 bits per heavy atom. The smallest absolute Gasteiger partial charge is 0.220 e. The molecule has 39 heavy (non-hydrogen) atoms. The van der Waals surface area contributed by atoms with Gasteiger partial charge < -0.3 is 25.4 Å². The summed E-state index contributed by atoms with van der Waals surface area (Å²) < 4.78 is 13.5. The minimum Gasteiger partial charge on any atom is -0.496 e. The average Bonchev–Trinajstić information content (AvgIpc) is 3.37. The highest BCUT2D eigenvalue weighted by molar-refractivity contribution is 9.10. The van der Waals surface area contributed by atoms with Gasteiger partial charge in [0, 0.05) is 63.0 Å². The Kier molecular flexibility index (Phi) is 10.2. The topological polar surface area (TPSA) is 119 Å². The number of hydrogen-bond acceptors (Lipinski definition) is 7. The van der Waals surface area contributed by atoms with Crippen molar-refractivity contribution in [3.63, 3.8) is 0 Å². The fraction of sp³-hybridized carbons (Fsp3) is 0.500. The van der Waals surface area contributed by atoms with Crippen molar-refractivity contribution in [2.75, 3.05) is 25.6 Å². The number of ether oxygens (including phenoxy) is 2. The van der Waals surface area contributed by atoms with Gasteiger partial charge in [-0.25, -0.2) is 9.67 Å². The molecule has 10 nitrogen and oxygen atoms in total. The third-order valence-electron chi connectivity index (χ3n) is 6.92. The van der Waals surface area contributed by atoms with Gasteiger partial charge in [-0.1, -0.05) is 13.0 Å². The van der Waals surface area contributed by atoms with E-state index in [0.29, 0.717) is 13.1 Å². The Labute approximate surface area is 237 Å². The van der Waals surface area contributed by atoms with Crippen molar-refractivity contribution >= 4 is 44.5 Å². The Hall–Kier alpha value is -3.18. The van der Waals surface area contributed by atoms with Crippen molar-refractivity contribution in [3.8, 4) is 5.75 Å². The Morgan fingerprint density at radius 1 is 1.13 bits per heavy atom. The molecule has 0 atom stereocenters. The quantitative estimate of drug-likeness (QED) is 0.286. The first-order chi connectivity index (χ1) is 18.9. The van der Waals surface area contributed by atoms with Crippen LogP contribution in [0.3, 0.4) is 0 Å². The van der Waals surface area contributed by atoms with Crippen molar-refractivity contribution < 1.29 is 19.1 Å². The predicted molar refractivity (Wildman–Crippen MR) is 154 cm³/mol. The number of methoxy groups -OCH3 is 1. The zero-order valence-corrected chi connectivity index (χ0v) is 24.4. The van der Waals surface area contributed by atoms with E-state index in [1.54, 1.807) is 7.11 Å². The van der Waals surface area contributed by atoms with Crippen LogP contribution in [0, 0.1) is 0 Å². The minimum atomic E-state index is -0.180. The van der Waals surface area contributed by atoms with Crippen molar-refractivity contribution in [3.05, 3.63) is 45.7 Å². The van der Waals surface area contributed by atoms with E-state index in [2.05, 4.69) is 43.9 Å². The number of fused-ring (bicyclic) bond motifs is 1. The number of aryl methyl sites for hydroxylation is 2. The maximum absolute atomic E-state index is 12.7. The third-order valence-corrected chi connectivity index (χ3v) is 7.54. The van der Waals surface area contributed by atoms with E-state index in [9.17, 15) is 9.59 Å². The summed E-state index contributed by atoms with van der Waals surface area (Å²) in [5, 5.41) is 15.1. The molecule has 4 rings (SSSR count). The molecular formula is C28H37BrN6O4. The van der Waals surface area contributed by atoms with E-state index in [0.717, 1.165) is 82.8 Å². The lowest BCUT2D eigenvalue weighted by Gasteiger charge is -2.26. The summed E-state index contributed by atoms with van der Waals surface area (Å²) >= 11 is 3.45. The number of hydrogen-bond donors (Lipinski definition) is 3. The minimum absolute atomic E-state index is 0.103. The van der Waals surface area contributed by atoms with Gasteiger partial charge in [-0.05, 0) is 59.8 Å². The van der Waals surface area contributed by atoms with Gasteiger partial charge in [0.05, 0.1) is 28.9 Å². The largest absolute Gasteiger partial charge is 0.496 e. The molecule has 1 fully saturated rings. The van der Waals surface area contributed by atoms with E-state index >= 15 is 0 Å². The molecule has 0 bridgehead atoms. The van der Waals surface area contributed by atoms with Gasteiger partial charge in [-0.3, -0.25) is 9.59 Å². The van der Waals surface area contributed by atoms with Crippen LogP contribution in [0.25, 0.3) is 11.0 Å². The SMILES string of the molecule is CCc1nc2c(cnn2CC)c(NC2CCOCC2)c1CNC(=O)CCC(=O)NCc1ccc(OC)c(Br)c1. The predicted octanol–water partition coefficient (Wildman–Crippen LogP) is 4.09. The standard InChI is InChI=1S/C28H37BrN6O4/c1-4-23-20(27(33-19-10-12-39-13-11-19)21-17-32-35(5-2)28(21)34-23)16-31-26(37)9-8-25(36)30-15-18-6-7-24(38-3)22(29)14-18/h6-7,14,17,19H,4-5,8-13,15-16H2,1-3H3,(H,30,36)(H,31,37)(H,33,34). The van der Waals surface area contributed by atoms with Crippen molar-refractivity contribution in [2.24, 2.45) is 0 Å². The van der Waals surface area contributed by atoms with Gasteiger partial charge in [-0.15, -0.1) is 0 Å². The first-order valence-electron chi connectivity index (χ1n) is 13.5. The fourth-order valence-corrected chi connectivity index (χ4v) is 5.30. The number of anilines is 1. The highest BCUT2D eigenvalue weighted by atomic mass is 79.9. The molecule has 210 valence electrons. The molecule has 1 aliphatic rings. The molecule has 1 aromatic carbocycles. The second-order valence-corrected chi connectivity index (χ2v) is 10.4. The highest BCUT2D eigenvalue weighted by Crippen LogP contribution is 2.31. The number of aromatic nitrogens is 3. The summed E-state index contributed by atoms with van der Waals surface area (Å²) in [6, 6.07) is 5.92. The number of pyridine rings is 1. The lowest BCUT2D eigenvalue weighted by atomic mass is 10.0. The van der Waals surface area contributed by atoms with E-state index in [4.69, 9.17) is 14.5 Å². The van der Waals surface area contributed by atoms with Gasteiger partial charge in [-0.2, -0.15) is 5.10 Å². The third kappa shape index (κ3) is 7.27. The molecular weight excluding hydrogens is 564 g/mol. The maximum Gasteiger partial charge on any atom is 0.220 e. The van der Waals surface area contributed by atoms with E-state index < -0.39 is 0 Å². The summed E-state index contributed by atoms with van der Waals surface area (Å²) in [6.45, 7) is 7.00. The summed E-state index contributed by atoms with van der Waals surface area (Å²) in [6.07, 6.45) is 4.62. The summed E-state index contributed by atoms with van der Waals surface area (Å²) in [4.78, 5) is 30.0. The van der Waals surface area contributed by atoms with Crippen LogP contribution in [0.2, 0.25) is 0 Å². The lowest BCUT2D eigenvalue weighted by Crippen LogP contribution is -2.30. The van der Waals surface area contributed by atoms with Crippen LogP contribution < -0.4 is 20.7 Å². The Morgan fingerprint density at radius 3 is 2.49 bits per heavy atom. The van der Waals surface area contributed by atoms with Crippen molar-refractivity contribution in [1.82, 2.24) is 25.4 Å². The Bertz CT molecular complexity index is 1300. The molecule has 11 heteroatoms. The molecule has 0 spiro atoms. The number of nitrogens with zero attached hydrogens (tertiary/aromatic N) is 3. The zero-order valence-electron chi connectivity index (χ0n) is 22.8. The van der Waals surface area contributed by atoms with E-state index in [1.807, 2.05) is 36.0 Å². The number of benzene rings is 1. The van der Waals surface area contributed by atoms with Gasteiger partial charge in [0.1, 0.15) is 5.75 Å². The molecule has 0 aliphatic carbocycles. The number of carbonyl (C=O) groups is 2. The number of carbonyl (C=O) groups excluding carboxylic acids is 2. The summed E-state index contributed by atoms with van der Waals surface area (Å²) in [5.74, 6) is 0.372. The van der Waals surface area contributed by atoms with Crippen LogP contribution in [-0.2, 0) is 40.4 Å². The van der Waals surface area contributed by atoms with E-state index in [-0.39, 0.29) is 30.7 Å². The Balaban J connectivity index is 1.38. The summed E-state index contributed by atoms with van der Waals surface area (Å²) in [7, 11) is 1.61. The van der Waals surface area contributed by atoms with Crippen LogP contribution in [0.1, 0.15) is 56.4 Å². The van der Waals surface area contributed by atoms with Gasteiger partial charge >= 0.3 is 0 Å². The molecule has 1 aliphatic heterocycles. The van der Waals surface area contributed by atoms with Crippen LogP contribution in [0.4, 0.5) is 5.69 Å². The number of halogens is 1. The van der Waals surface area contributed by atoms with Gasteiger partial charge in [0.25, 0.3) is 0 Å². The number of nitrogens with one attached hydrogen (secondary N) is 3. The van der Waals surface area contributed by atoms with Gasteiger partial charge in [0.15, 0.2) is 5.65 Å². The molecule has 3 aromatic rings. The molecule has 3 N–H and O–H groups in total. The van der Waals surface area contributed by atoms with Crippen LogP contribution >= 0.6 is 15.9 Å². The fourth-order valence-electron chi connectivity index (χ4n) is 4.71. The monoisotopic (exact) mass is 600 g/mol. The van der Waals surface area contributed by atoms with E-state index in [1.165, 1.54) is 0 Å². The van der Waals surface area contributed by atoms with Crippen molar-refractivity contribution in [1.29, 1.82) is 0 Å². The zero-order chi connectivity index (χ0) is 27.8. The van der Waals surface area contributed by atoms with Crippen molar-refractivity contribution in [2.45, 2.75) is 71.6 Å². The second kappa shape index (κ2) is 13.7. The normalized spacial score (nSPS) is 13.8. The molecule has 0 saturated carbocycles. The average molecular weight is 602 g/mol. The second-order valence-electron chi connectivity index (χ2n) is 9.52. The number of amides is 2. The molecule has 3 heterocycles. The lowest BCUT2D eigenvalue weighted by molar-refractivity contribution is -0.126. The van der Waals surface area contributed by atoms with Crippen LogP contribution in [-0.4, -0.2) is 52.9 Å². The first kappa shape index (κ1) is 28.8. The van der Waals surface area contributed by atoms with Crippen LogP contribution in [0.15, 0.2) is 28.9 Å². The molecule has 2 amide bonds. The molecule has 2 aromatic heterocycles. The first-order valence-corrected chi connectivity index (χ1v) is 14.3. The van der Waals surface area contributed by atoms with Crippen LogP contribution in [0.5, 0.6) is 5.75 Å². The maximum atomic E-state index is 12.7. The number of rotatable bonds is 12.